The fourth-order valence-electron chi connectivity index (χ4n) is 4.63. The highest BCUT2D eigenvalue weighted by atomic mass is 16.4. The number of nitrogens with zero attached hydrogens (tertiary/aromatic N) is 5. The fourth-order valence-corrected chi connectivity index (χ4v) is 4.63. The summed E-state index contributed by atoms with van der Waals surface area (Å²) in [4.78, 5) is 18.8. The summed E-state index contributed by atoms with van der Waals surface area (Å²) in [5.74, 6) is 0. The van der Waals surface area contributed by atoms with Crippen molar-refractivity contribution in [1.29, 1.82) is 0 Å². The first-order chi connectivity index (χ1) is 15.1. The van der Waals surface area contributed by atoms with Gasteiger partial charge in [0, 0.05) is 50.4 Å². The summed E-state index contributed by atoms with van der Waals surface area (Å²) in [6, 6.07) is 13.3. The zero-order valence-electron chi connectivity index (χ0n) is 17.5. The van der Waals surface area contributed by atoms with Gasteiger partial charge in [-0.25, -0.2) is 4.98 Å². The third-order valence-electron chi connectivity index (χ3n) is 6.37. The van der Waals surface area contributed by atoms with Crippen LogP contribution in [0.3, 0.4) is 0 Å². The van der Waals surface area contributed by atoms with Crippen molar-refractivity contribution in [3.8, 4) is 11.3 Å². The van der Waals surface area contributed by atoms with Gasteiger partial charge in [0.05, 0.1) is 28.6 Å². The van der Waals surface area contributed by atoms with Crippen LogP contribution in [-0.4, -0.2) is 64.7 Å². The monoisotopic (exact) mass is 415 g/mol. The van der Waals surface area contributed by atoms with Gasteiger partial charge in [-0.15, -0.1) is 0 Å². The van der Waals surface area contributed by atoms with E-state index in [1.54, 1.807) is 0 Å². The van der Waals surface area contributed by atoms with Gasteiger partial charge in [-0.3, -0.25) is 9.88 Å². The Kier molecular flexibility index (Phi) is 4.29. The molecule has 6 rings (SSSR count). The molecule has 0 amide bonds. The van der Waals surface area contributed by atoms with Gasteiger partial charge in [0.25, 0.3) is 6.01 Å². The molecule has 4 aromatic rings. The molecule has 8 heteroatoms. The highest BCUT2D eigenvalue weighted by Gasteiger charge is 2.33. The number of nitrogens with one attached hydrogen (secondary N) is 1. The number of nitrogen functional groups attached to an aromatic ring is 1. The molecule has 8 nitrogen and oxygen atoms in total. The predicted octanol–water partition coefficient (Wildman–Crippen LogP) is 2.50. The minimum Gasteiger partial charge on any atom is -0.424 e. The van der Waals surface area contributed by atoms with E-state index in [0.29, 0.717) is 17.7 Å². The lowest BCUT2D eigenvalue weighted by atomic mass is 10.0. The minimum absolute atomic E-state index is 0.176. The number of nitrogens with two attached hydrogens (primary N) is 1. The first kappa shape index (κ1) is 18.5. The molecular weight excluding hydrogens is 390 g/mol. The van der Waals surface area contributed by atoms with E-state index in [2.05, 4.69) is 38.1 Å². The number of pyridine rings is 2. The van der Waals surface area contributed by atoms with Gasteiger partial charge >= 0.3 is 0 Å². The SMILES string of the molecule is CC1CN(C2CN(c3cnc4ccc(-c5ccc6oc(N)nc6c5)nc4c3)C2)CCN1. The number of benzene rings is 1. The standard InChI is InChI=1S/C23H25N7O/c1-14-11-29(7-6-25-14)17-12-30(13-17)16-9-20-19(26-10-16)4-3-18(27-20)15-2-5-22-21(8-15)28-23(24)31-22/h2-5,8-10,14,17,25H,6-7,11-13H2,1H3,(H2,24,28). The number of anilines is 2. The topological polar surface area (TPSA) is 96.3 Å². The Morgan fingerprint density at radius 3 is 2.81 bits per heavy atom. The molecule has 0 saturated carbocycles. The summed E-state index contributed by atoms with van der Waals surface area (Å²) in [6.45, 7) is 7.68. The maximum atomic E-state index is 5.67. The van der Waals surface area contributed by atoms with Crippen LogP contribution in [0.4, 0.5) is 11.7 Å². The van der Waals surface area contributed by atoms with Gasteiger partial charge in [-0.2, -0.15) is 4.98 Å². The van der Waals surface area contributed by atoms with Crippen molar-refractivity contribution in [2.75, 3.05) is 43.4 Å². The maximum Gasteiger partial charge on any atom is 0.292 e. The number of oxazole rings is 1. The highest BCUT2D eigenvalue weighted by molar-refractivity contribution is 5.84. The highest BCUT2D eigenvalue weighted by Crippen LogP contribution is 2.29. The second-order valence-electron chi connectivity index (χ2n) is 8.57. The Morgan fingerprint density at radius 1 is 1.03 bits per heavy atom. The molecule has 1 aromatic carbocycles. The molecular formula is C23H25N7O. The van der Waals surface area contributed by atoms with Crippen molar-refractivity contribution < 1.29 is 4.42 Å². The van der Waals surface area contributed by atoms with Crippen molar-refractivity contribution in [2.45, 2.75) is 19.0 Å². The molecule has 31 heavy (non-hydrogen) atoms. The minimum atomic E-state index is 0.176. The van der Waals surface area contributed by atoms with E-state index < -0.39 is 0 Å². The van der Waals surface area contributed by atoms with Crippen molar-refractivity contribution >= 4 is 33.8 Å². The largest absolute Gasteiger partial charge is 0.424 e. The molecule has 5 heterocycles. The Labute approximate surface area is 180 Å². The smallest absolute Gasteiger partial charge is 0.292 e. The molecule has 0 aliphatic carbocycles. The van der Waals surface area contributed by atoms with E-state index >= 15 is 0 Å². The zero-order valence-corrected chi connectivity index (χ0v) is 17.5. The normalized spacial score (nSPS) is 20.4. The van der Waals surface area contributed by atoms with E-state index in [1.807, 2.05) is 36.5 Å². The summed E-state index contributed by atoms with van der Waals surface area (Å²) in [7, 11) is 0. The van der Waals surface area contributed by atoms with Crippen molar-refractivity contribution in [2.24, 2.45) is 0 Å². The fraction of sp³-hybridized carbons (Fsp3) is 0.348. The van der Waals surface area contributed by atoms with Crippen molar-refractivity contribution in [3.63, 3.8) is 0 Å². The molecule has 1 atom stereocenters. The molecule has 0 spiro atoms. The molecule has 3 aromatic heterocycles. The van der Waals surface area contributed by atoms with Gasteiger partial charge < -0.3 is 20.4 Å². The number of hydrogen-bond donors (Lipinski definition) is 2. The maximum absolute atomic E-state index is 5.67. The number of hydrogen-bond acceptors (Lipinski definition) is 8. The van der Waals surface area contributed by atoms with E-state index in [4.69, 9.17) is 15.1 Å². The summed E-state index contributed by atoms with van der Waals surface area (Å²) in [5.41, 5.74) is 11.9. The van der Waals surface area contributed by atoms with Crippen LogP contribution in [-0.2, 0) is 0 Å². The van der Waals surface area contributed by atoms with Crippen LogP contribution >= 0.6 is 0 Å². The predicted molar refractivity (Wildman–Crippen MR) is 122 cm³/mol. The molecule has 1 unspecified atom stereocenters. The van der Waals surface area contributed by atoms with E-state index in [9.17, 15) is 0 Å². The van der Waals surface area contributed by atoms with E-state index in [1.165, 1.54) is 0 Å². The van der Waals surface area contributed by atoms with Crippen LogP contribution < -0.4 is 16.0 Å². The first-order valence-corrected chi connectivity index (χ1v) is 10.8. The molecule has 2 fully saturated rings. The number of aromatic nitrogens is 3. The molecule has 3 N–H and O–H groups in total. The van der Waals surface area contributed by atoms with Crippen LogP contribution in [0, 0.1) is 0 Å². The summed E-state index contributed by atoms with van der Waals surface area (Å²) in [5, 5.41) is 3.52. The van der Waals surface area contributed by atoms with Crippen LogP contribution in [0.25, 0.3) is 33.4 Å². The Balaban J connectivity index is 1.24. The van der Waals surface area contributed by atoms with Gasteiger partial charge in [0.15, 0.2) is 5.58 Å². The molecule has 2 aliphatic rings. The summed E-state index contributed by atoms with van der Waals surface area (Å²) in [6.07, 6.45) is 1.96. The molecule has 158 valence electrons. The van der Waals surface area contributed by atoms with Gasteiger partial charge in [-0.1, -0.05) is 0 Å². The lowest BCUT2D eigenvalue weighted by molar-refractivity contribution is 0.127. The van der Waals surface area contributed by atoms with Crippen LogP contribution in [0.1, 0.15) is 6.92 Å². The molecule has 2 aliphatic heterocycles. The summed E-state index contributed by atoms with van der Waals surface area (Å²) < 4.78 is 5.37. The number of piperazine rings is 1. The molecule has 0 radical (unpaired) electrons. The van der Waals surface area contributed by atoms with Crippen molar-refractivity contribution in [1.82, 2.24) is 25.2 Å². The molecule has 2 saturated heterocycles. The average Bonchev–Trinajstić information content (AvgIpc) is 3.11. The van der Waals surface area contributed by atoms with Crippen LogP contribution in [0.2, 0.25) is 0 Å². The van der Waals surface area contributed by atoms with Gasteiger partial charge in [0.2, 0.25) is 0 Å². The van der Waals surface area contributed by atoms with Gasteiger partial charge in [-0.05, 0) is 43.3 Å². The molecule has 0 bridgehead atoms. The Bertz CT molecular complexity index is 1260. The number of fused-ring (bicyclic) bond motifs is 2. The lowest BCUT2D eigenvalue weighted by Gasteiger charge is -2.48. The van der Waals surface area contributed by atoms with Crippen molar-refractivity contribution in [3.05, 3.63) is 42.6 Å². The second-order valence-corrected chi connectivity index (χ2v) is 8.57. The quantitative estimate of drug-likeness (QED) is 0.527. The lowest BCUT2D eigenvalue weighted by Crippen LogP contribution is -2.64. The van der Waals surface area contributed by atoms with E-state index in [-0.39, 0.29) is 6.01 Å². The third-order valence-corrected chi connectivity index (χ3v) is 6.37. The summed E-state index contributed by atoms with van der Waals surface area (Å²) >= 11 is 0. The van der Waals surface area contributed by atoms with Crippen LogP contribution in [0.5, 0.6) is 0 Å². The second kappa shape index (κ2) is 7.18. The average molecular weight is 416 g/mol. The third kappa shape index (κ3) is 3.37. The Hall–Kier alpha value is -3.23. The zero-order chi connectivity index (χ0) is 20.9. The first-order valence-electron chi connectivity index (χ1n) is 10.8. The van der Waals surface area contributed by atoms with E-state index in [0.717, 1.165) is 66.2 Å². The van der Waals surface area contributed by atoms with Gasteiger partial charge in [0.1, 0.15) is 5.52 Å². The van der Waals surface area contributed by atoms with Crippen LogP contribution in [0.15, 0.2) is 47.0 Å². The Morgan fingerprint density at radius 2 is 1.94 bits per heavy atom. The number of rotatable bonds is 3.